The molecule has 0 spiro atoms. The lowest BCUT2D eigenvalue weighted by molar-refractivity contribution is -0.162. The molecule has 1 amide bonds. The topological polar surface area (TPSA) is 102 Å². The minimum absolute atomic E-state index is 0.246. The molecule has 2 atom stereocenters. The van der Waals surface area contributed by atoms with E-state index in [-0.39, 0.29) is 5.91 Å². The summed E-state index contributed by atoms with van der Waals surface area (Å²) in [5.41, 5.74) is 1.18. The van der Waals surface area contributed by atoms with Gasteiger partial charge in [0.15, 0.2) is 0 Å². The van der Waals surface area contributed by atoms with Gasteiger partial charge in [0.25, 0.3) is 0 Å². The third kappa shape index (κ3) is 5.75. The number of thioether (sulfide) groups is 1. The van der Waals surface area contributed by atoms with Crippen LogP contribution in [0.5, 0.6) is 5.75 Å². The fourth-order valence-corrected chi connectivity index (χ4v) is 3.78. The largest absolute Gasteiger partial charge is 0.497 e. The first-order valence-corrected chi connectivity index (χ1v) is 9.27. The summed E-state index contributed by atoms with van der Waals surface area (Å²) >= 11 is 1.19. The molecule has 0 bridgehead atoms. The summed E-state index contributed by atoms with van der Waals surface area (Å²) in [7, 11) is 1.53. The van der Waals surface area contributed by atoms with E-state index in [0.29, 0.717) is 21.9 Å². The Morgan fingerprint density at radius 2 is 1.68 bits per heavy atom. The van der Waals surface area contributed by atoms with Crippen LogP contribution in [-0.2, 0) is 19.1 Å². The lowest BCUT2D eigenvalue weighted by Crippen LogP contribution is -2.31. The summed E-state index contributed by atoms with van der Waals surface area (Å²) < 4.78 is 10.2. The highest BCUT2D eigenvalue weighted by Gasteiger charge is 2.34. The van der Waals surface area contributed by atoms with Gasteiger partial charge in [-0.05, 0) is 29.8 Å². The van der Waals surface area contributed by atoms with E-state index in [0.717, 1.165) is 6.92 Å². The van der Waals surface area contributed by atoms with Gasteiger partial charge in [0.1, 0.15) is 5.75 Å². The lowest BCUT2D eigenvalue weighted by atomic mass is 10.1. The van der Waals surface area contributed by atoms with Crippen molar-refractivity contribution in [2.75, 3.05) is 12.4 Å². The van der Waals surface area contributed by atoms with Gasteiger partial charge in [0, 0.05) is 18.7 Å². The minimum atomic E-state index is -1.42. The van der Waals surface area contributed by atoms with Gasteiger partial charge in [-0.1, -0.05) is 24.3 Å². The molecule has 2 N–H and O–H groups in total. The van der Waals surface area contributed by atoms with Crippen LogP contribution in [0.4, 0.5) is 5.69 Å². The van der Waals surface area contributed by atoms with E-state index in [2.05, 4.69) is 5.32 Å². The Hall–Kier alpha value is -3.00. The summed E-state index contributed by atoms with van der Waals surface area (Å²) in [6.07, 6.45) is -1.42. The Morgan fingerprint density at radius 1 is 1.04 bits per heavy atom. The molecule has 0 aliphatic rings. The van der Waals surface area contributed by atoms with Crippen molar-refractivity contribution in [2.24, 2.45) is 0 Å². The van der Waals surface area contributed by atoms with Crippen molar-refractivity contribution in [3.05, 3.63) is 54.1 Å². The van der Waals surface area contributed by atoms with E-state index in [1.807, 2.05) is 0 Å². The second-order valence-electron chi connectivity index (χ2n) is 5.86. The Bertz CT molecular complexity index is 852. The molecule has 2 rings (SSSR count). The number of amides is 1. The molecule has 0 saturated carbocycles. The Labute approximate surface area is 167 Å². The van der Waals surface area contributed by atoms with Crippen LogP contribution in [0, 0.1) is 0 Å². The van der Waals surface area contributed by atoms with Crippen LogP contribution in [0.1, 0.15) is 24.7 Å². The number of para-hydroxylation sites is 1. The van der Waals surface area contributed by atoms with Gasteiger partial charge in [-0.3, -0.25) is 9.59 Å². The lowest BCUT2D eigenvalue weighted by Gasteiger charge is -2.24. The second-order valence-corrected chi connectivity index (χ2v) is 7.04. The number of aliphatic carboxylic acids is 1. The predicted molar refractivity (Wildman–Crippen MR) is 106 cm³/mol. The summed E-state index contributed by atoms with van der Waals surface area (Å²) in [6.45, 7) is 2.55. The van der Waals surface area contributed by atoms with Crippen LogP contribution in [0.15, 0.2) is 53.4 Å². The summed E-state index contributed by atoms with van der Waals surface area (Å²) in [5, 5.41) is 11.6. The monoisotopic (exact) mass is 403 g/mol. The molecule has 28 heavy (non-hydrogen) atoms. The number of methoxy groups -OCH3 is 1. The minimum Gasteiger partial charge on any atom is -0.497 e. The Morgan fingerprint density at radius 3 is 2.21 bits per heavy atom. The number of carbonyl (C=O) groups is 3. The highest BCUT2D eigenvalue weighted by molar-refractivity contribution is 7.99. The quantitative estimate of drug-likeness (QED) is 0.514. The van der Waals surface area contributed by atoms with E-state index in [1.54, 1.807) is 48.5 Å². The maximum absolute atomic E-state index is 11.8. The van der Waals surface area contributed by atoms with E-state index in [9.17, 15) is 19.5 Å². The summed E-state index contributed by atoms with van der Waals surface area (Å²) in [4.78, 5) is 35.5. The molecule has 2 aromatic carbocycles. The van der Waals surface area contributed by atoms with Crippen molar-refractivity contribution in [1.82, 2.24) is 0 Å². The molecule has 8 heteroatoms. The molecule has 2 aromatic rings. The van der Waals surface area contributed by atoms with Gasteiger partial charge in [0.2, 0.25) is 12.0 Å². The number of carboxylic acids is 1. The molecule has 0 heterocycles. The second kappa shape index (κ2) is 9.80. The van der Waals surface area contributed by atoms with Crippen LogP contribution in [0.3, 0.4) is 0 Å². The molecule has 0 saturated heterocycles. The van der Waals surface area contributed by atoms with Gasteiger partial charge >= 0.3 is 11.9 Å². The molecular formula is C20H21NO6S. The average molecular weight is 403 g/mol. The van der Waals surface area contributed by atoms with Gasteiger partial charge in [-0.2, -0.15) is 0 Å². The standard InChI is InChI=1S/C20H21NO6S/c1-12(22)21-16-6-4-5-7-17(16)28-19(18(20(24)25)27-13(2)23)14-8-10-15(26-3)11-9-14/h4-11,18-19H,1-3H3,(H,21,22)(H,24,25). The number of hydrogen-bond donors (Lipinski definition) is 2. The van der Waals surface area contributed by atoms with Gasteiger partial charge < -0.3 is 19.9 Å². The summed E-state index contributed by atoms with van der Waals surface area (Å²) in [5.74, 6) is -1.59. The number of benzene rings is 2. The average Bonchev–Trinajstić information content (AvgIpc) is 2.65. The van der Waals surface area contributed by atoms with Crippen LogP contribution in [0.25, 0.3) is 0 Å². The smallest absolute Gasteiger partial charge is 0.346 e. The molecule has 0 aliphatic carbocycles. The maximum Gasteiger partial charge on any atom is 0.346 e. The first kappa shape index (κ1) is 21.3. The molecule has 0 aromatic heterocycles. The SMILES string of the molecule is COc1ccc(C(Sc2ccccc2NC(C)=O)C(OC(C)=O)C(=O)O)cc1. The third-order valence-electron chi connectivity index (χ3n) is 3.71. The van der Waals surface area contributed by atoms with E-state index in [4.69, 9.17) is 9.47 Å². The van der Waals surface area contributed by atoms with Gasteiger partial charge in [-0.15, -0.1) is 11.8 Å². The number of nitrogens with one attached hydrogen (secondary N) is 1. The zero-order valence-electron chi connectivity index (χ0n) is 15.7. The fourth-order valence-electron chi connectivity index (χ4n) is 2.52. The maximum atomic E-state index is 11.8. The summed E-state index contributed by atoms with van der Waals surface area (Å²) in [6, 6.07) is 13.9. The molecule has 0 aliphatic heterocycles. The first-order chi connectivity index (χ1) is 13.3. The van der Waals surface area contributed by atoms with Crippen molar-refractivity contribution in [2.45, 2.75) is 30.1 Å². The van der Waals surface area contributed by atoms with Gasteiger partial charge in [-0.25, -0.2) is 4.79 Å². The van der Waals surface area contributed by atoms with Gasteiger partial charge in [0.05, 0.1) is 18.0 Å². The highest BCUT2D eigenvalue weighted by atomic mass is 32.2. The van der Waals surface area contributed by atoms with Crippen LogP contribution < -0.4 is 10.1 Å². The number of carbonyl (C=O) groups excluding carboxylic acids is 2. The van der Waals surface area contributed by atoms with Crippen LogP contribution in [-0.4, -0.2) is 36.2 Å². The third-order valence-corrected chi connectivity index (χ3v) is 5.09. The molecule has 2 unspecified atom stereocenters. The Balaban J connectivity index is 2.47. The number of ether oxygens (including phenoxy) is 2. The predicted octanol–water partition coefficient (Wildman–Crippen LogP) is 3.50. The molecule has 0 radical (unpaired) electrons. The zero-order valence-corrected chi connectivity index (χ0v) is 16.5. The van der Waals surface area contributed by atoms with Crippen molar-refractivity contribution in [3.8, 4) is 5.75 Å². The molecule has 7 nitrogen and oxygen atoms in total. The van der Waals surface area contributed by atoms with E-state index in [1.165, 1.54) is 25.8 Å². The first-order valence-electron chi connectivity index (χ1n) is 8.39. The van der Waals surface area contributed by atoms with E-state index < -0.39 is 23.3 Å². The fraction of sp³-hybridized carbons (Fsp3) is 0.250. The number of rotatable bonds is 8. The number of carboxylic acid groups (broad SMARTS) is 1. The van der Waals surface area contributed by atoms with Crippen LogP contribution in [0.2, 0.25) is 0 Å². The molecular weight excluding hydrogens is 382 g/mol. The van der Waals surface area contributed by atoms with Crippen molar-refractivity contribution >= 4 is 35.3 Å². The molecule has 148 valence electrons. The number of hydrogen-bond acceptors (Lipinski definition) is 6. The van der Waals surface area contributed by atoms with E-state index >= 15 is 0 Å². The number of esters is 1. The normalized spacial score (nSPS) is 12.5. The molecule has 0 fully saturated rings. The Kier molecular flexibility index (Phi) is 7.45. The zero-order chi connectivity index (χ0) is 20.7. The van der Waals surface area contributed by atoms with Crippen LogP contribution >= 0.6 is 11.8 Å². The number of anilines is 1. The highest BCUT2D eigenvalue weighted by Crippen LogP contribution is 2.42. The van der Waals surface area contributed by atoms with Crippen molar-refractivity contribution in [3.63, 3.8) is 0 Å². The van der Waals surface area contributed by atoms with Crippen molar-refractivity contribution in [1.29, 1.82) is 0 Å². The van der Waals surface area contributed by atoms with Crippen molar-refractivity contribution < 1.29 is 29.0 Å².